The molecule has 2 aliphatic rings. The molecule has 1 unspecified atom stereocenters. The van der Waals surface area contributed by atoms with E-state index in [2.05, 4.69) is 13.8 Å². The summed E-state index contributed by atoms with van der Waals surface area (Å²) in [5, 5.41) is 0. The van der Waals surface area contributed by atoms with Gasteiger partial charge in [-0.2, -0.15) is 0 Å². The summed E-state index contributed by atoms with van der Waals surface area (Å²) in [7, 11) is 0. The van der Waals surface area contributed by atoms with Crippen molar-refractivity contribution in [1.29, 1.82) is 0 Å². The molecule has 1 aliphatic carbocycles. The average Bonchev–Trinajstić information content (AvgIpc) is 2.71. The van der Waals surface area contributed by atoms with Gasteiger partial charge in [-0.05, 0) is 25.2 Å². The van der Waals surface area contributed by atoms with Crippen molar-refractivity contribution in [3.8, 4) is 0 Å². The molecule has 1 saturated carbocycles. The van der Waals surface area contributed by atoms with Crippen LogP contribution in [-0.2, 0) is 14.3 Å². The average molecular weight is 226 g/mol. The van der Waals surface area contributed by atoms with Crippen LogP contribution >= 0.6 is 0 Å². The van der Waals surface area contributed by atoms with Crippen LogP contribution in [0.5, 0.6) is 0 Å². The quantitative estimate of drug-likeness (QED) is 0.742. The van der Waals surface area contributed by atoms with E-state index in [0.29, 0.717) is 19.0 Å². The molecule has 0 aromatic carbocycles. The highest BCUT2D eigenvalue weighted by atomic mass is 16.7. The number of rotatable bonds is 3. The zero-order valence-electron chi connectivity index (χ0n) is 10.5. The minimum Gasteiger partial charge on any atom is -0.348 e. The van der Waals surface area contributed by atoms with Crippen LogP contribution in [0.1, 0.15) is 46.5 Å². The van der Waals surface area contributed by atoms with Gasteiger partial charge in [0.15, 0.2) is 5.79 Å². The third-order valence-corrected chi connectivity index (χ3v) is 4.13. The molecule has 0 aromatic rings. The van der Waals surface area contributed by atoms with E-state index >= 15 is 0 Å². The fourth-order valence-corrected chi connectivity index (χ4v) is 2.89. The lowest BCUT2D eigenvalue weighted by Crippen LogP contribution is -2.30. The van der Waals surface area contributed by atoms with Crippen molar-refractivity contribution in [3.05, 3.63) is 0 Å². The molecule has 92 valence electrons. The number of ketones is 1. The van der Waals surface area contributed by atoms with E-state index in [0.717, 1.165) is 25.7 Å². The minimum absolute atomic E-state index is 0.159. The van der Waals surface area contributed by atoms with Crippen LogP contribution in [0.15, 0.2) is 0 Å². The predicted octanol–water partition coefficient (Wildman–Crippen LogP) is 2.53. The van der Waals surface area contributed by atoms with Crippen molar-refractivity contribution in [3.63, 3.8) is 0 Å². The molecule has 0 bridgehead atoms. The van der Waals surface area contributed by atoms with E-state index in [9.17, 15) is 4.79 Å². The van der Waals surface area contributed by atoms with E-state index < -0.39 is 5.79 Å². The molecule has 1 heterocycles. The minimum atomic E-state index is -0.445. The number of hydrogen-bond donors (Lipinski definition) is 0. The standard InChI is InChI=1S/C13H22O3/c1-12(2)6-5-11(14)10(12)4-7-13(3)15-8-9-16-13/h10H,4-9H2,1-3H3. The van der Waals surface area contributed by atoms with Gasteiger partial charge in [0.25, 0.3) is 0 Å². The van der Waals surface area contributed by atoms with Gasteiger partial charge in [-0.1, -0.05) is 13.8 Å². The van der Waals surface area contributed by atoms with Crippen molar-refractivity contribution in [2.45, 2.75) is 52.2 Å². The van der Waals surface area contributed by atoms with E-state index in [4.69, 9.17) is 9.47 Å². The van der Waals surface area contributed by atoms with E-state index in [-0.39, 0.29) is 11.3 Å². The van der Waals surface area contributed by atoms with Crippen molar-refractivity contribution < 1.29 is 14.3 Å². The molecule has 1 atom stereocenters. The maximum Gasteiger partial charge on any atom is 0.165 e. The number of carbonyl (C=O) groups is 1. The van der Waals surface area contributed by atoms with Crippen LogP contribution < -0.4 is 0 Å². The molecule has 0 N–H and O–H groups in total. The Morgan fingerprint density at radius 3 is 2.38 bits per heavy atom. The highest BCUT2D eigenvalue weighted by Gasteiger charge is 2.42. The van der Waals surface area contributed by atoms with E-state index in [1.165, 1.54) is 0 Å². The van der Waals surface area contributed by atoms with Gasteiger partial charge >= 0.3 is 0 Å². The van der Waals surface area contributed by atoms with E-state index in [1.807, 2.05) is 6.92 Å². The molecule has 3 nitrogen and oxygen atoms in total. The van der Waals surface area contributed by atoms with Crippen LogP contribution in [0.2, 0.25) is 0 Å². The molecule has 0 spiro atoms. The van der Waals surface area contributed by atoms with Crippen LogP contribution in [0.4, 0.5) is 0 Å². The number of ether oxygens (including phenoxy) is 2. The third kappa shape index (κ3) is 2.30. The second-order valence-corrected chi connectivity index (χ2v) is 5.88. The molecule has 1 aliphatic heterocycles. The van der Waals surface area contributed by atoms with Crippen molar-refractivity contribution in [2.75, 3.05) is 13.2 Å². The first-order valence-corrected chi connectivity index (χ1v) is 6.24. The summed E-state index contributed by atoms with van der Waals surface area (Å²) >= 11 is 0. The Kier molecular flexibility index (Phi) is 3.10. The maximum atomic E-state index is 11.8. The molecular weight excluding hydrogens is 204 g/mol. The SMILES string of the molecule is CC1(CCC2C(=O)CCC2(C)C)OCCO1. The Morgan fingerprint density at radius 2 is 1.88 bits per heavy atom. The fraction of sp³-hybridized carbons (Fsp3) is 0.923. The van der Waals surface area contributed by atoms with Gasteiger partial charge in [-0.3, -0.25) is 4.79 Å². The van der Waals surface area contributed by atoms with Gasteiger partial charge in [-0.15, -0.1) is 0 Å². The second-order valence-electron chi connectivity index (χ2n) is 5.88. The van der Waals surface area contributed by atoms with Crippen molar-refractivity contribution >= 4 is 5.78 Å². The number of carbonyl (C=O) groups excluding carboxylic acids is 1. The highest BCUT2D eigenvalue weighted by Crippen LogP contribution is 2.44. The summed E-state index contributed by atoms with van der Waals surface area (Å²) in [4.78, 5) is 11.8. The maximum absolute atomic E-state index is 11.8. The summed E-state index contributed by atoms with van der Waals surface area (Å²) in [5.74, 6) is 0.169. The van der Waals surface area contributed by atoms with Crippen LogP contribution in [0, 0.1) is 11.3 Å². The summed E-state index contributed by atoms with van der Waals surface area (Å²) < 4.78 is 11.1. The van der Waals surface area contributed by atoms with E-state index in [1.54, 1.807) is 0 Å². The first-order chi connectivity index (χ1) is 7.43. The summed E-state index contributed by atoms with van der Waals surface area (Å²) in [6.45, 7) is 7.73. The van der Waals surface area contributed by atoms with Crippen LogP contribution in [0.25, 0.3) is 0 Å². The van der Waals surface area contributed by atoms with Crippen LogP contribution in [0.3, 0.4) is 0 Å². The molecule has 3 heteroatoms. The second kappa shape index (κ2) is 4.11. The lowest BCUT2D eigenvalue weighted by atomic mass is 9.78. The van der Waals surface area contributed by atoms with Gasteiger partial charge in [0.1, 0.15) is 5.78 Å². The Balaban J connectivity index is 1.92. The molecule has 2 rings (SSSR count). The Bertz CT molecular complexity index is 277. The van der Waals surface area contributed by atoms with Gasteiger partial charge in [-0.25, -0.2) is 0 Å². The van der Waals surface area contributed by atoms with Crippen molar-refractivity contribution in [1.82, 2.24) is 0 Å². The molecule has 0 aromatic heterocycles. The summed E-state index contributed by atoms with van der Waals surface area (Å²) in [6.07, 6.45) is 3.49. The first kappa shape index (κ1) is 12.1. The molecule has 2 fully saturated rings. The Morgan fingerprint density at radius 1 is 1.25 bits per heavy atom. The highest BCUT2D eigenvalue weighted by molar-refractivity contribution is 5.84. The molecular formula is C13H22O3. The van der Waals surface area contributed by atoms with Crippen molar-refractivity contribution in [2.24, 2.45) is 11.3 Å². The van der Waals surface area contributed by atoms with Gasteiger partial charge in [0.2, 0.25) is 0 Å². The summed E-state index contributed by atoms with van der Waals surface area (Å²) in [5.41, 5.74) is 0.159. The molecule has 1 saturated heterocycles. The van der Waals surface area contributed by atoms with Crippen LogP contribution in [-0.4, -0.2) is 24.8 Å². The number of hydrogen-bond acceptors (Lipinski definition) is 3. The Hall–Kier alpha value is -0.410. The molecule has 0 amide bonds. The largest absolute Gasteiger partial charge is 0.348 e. The first-order valence-electron chi connectivity index (χ1n) is 6.24. The lowest BCUT2D eigenvalue weighted by molar-refractivity contribution is -0.151. The fourth-order valence-electron chi connectivity index (χ4n) is 2.89. The summed E-state index contributed by atoms with van der Waals surface area (Å²) in [6, 6.07) is 0. The molecule has 16 heavy (non-hydrogen) atoms. The van der Waals surface area contributed by atoms with Gasteiger partial charge in [0, 0.05) is 18.8 Å². The zero-order valence-corrected chi connectivity index (χ0v) is 10.5. The predicted molar refractivity (Wildman–Crippen MR) is 61.1 cm³/mol. The topological polar surface area (TPSA) is 35.5 Å². The lowest BCUT2D eigenvalue weighted by Gasteiger charge is -2.29. The smallest absolute Gasteiger partial charge is 0.165 e. The third-order valence-electron chi connectivity index (χ3n) is 4.13. The Labute approximate surface area is 97.5 Å². The van der Waals surface area contributed by atoms with Gasteiger partial charge < -0.3 is 9.47 Å². The monoisotopic (exact) mass is 226 g/mol. The molecule has 0 radical (unpaired) electrons. The van der Waals surface area contributed by atoms with Gasteiger partial charge in [0.05, 0.1) is 13.2 Å². The number of Topliss-reactive ketones (excluding diaryl/α,β-unsaturated/α-hetero) is 1. The normalized spacial score (nSPS) is 32.2. The zero-order chi connectivity index (χ0) is 11.8.